The Morgan fingerprint density at radius 3 is 2.40 bits per heavy atom. The van der Waals surface area contributed by atoms with Gasteiger partial charge < -0.3 is 0 Å². The van der Waals surface area contributed by atoms with Gasteiger partial charge in [0.1, 0.15) is 5.78 Å². The Bertz CT molecular complexity index is 213. The molecule has 1 nitrogen and oxygen atoms in total. The summed E-state index contributed by atoms with van der Waals surface area (Å²) in [4.78, 5) is 11.3. The number of fused-ring (bicyclic) bond motifs is 2. The number of carbonyl (C=O) groups excluding carboxylic acids is 1. The molecule has 2 unspecified atom stereocenters. The molecule has 0 spiro atoms. The molecule has 0 aromatic carbocycles. The Kier molecular flexibility index (Phi) is 0.936. The molecule has 2 aliphatic carbocycles. The van der Waals surface area contributed by atoms with Crippen molar-refractivity contribution >= 4 is 5.78 Å². The summed E-state index contributed by atoms with van der Waals surface area (Å²) in [6.07, 6.45) is 5.21. The molecular weight excluding hydrogens is 124 g/mol. The van der Waals surface area contributed by atoms with Crippen LogP contribution in [-0.4, -0.2) is 5.78 Å². The molecule has 2 bridgehead atoms. The highest BCUT2D eigenvalue weighted by Crippen LogP contribution is 2.48. The van der Waals surface area contributed by atoms with Gasteiger partial charge in [-0.2, -0.15) is 0 Å². The first-order chi connectivity index (χ1) is 4.61. The Hall–Kier alpha value is -0.590. The third-order valence-electron chi connectivity index (χ3n) is 2.80. The van der Waals surface area contributed by atoms with Crippen LogP contribution in [-0.2, 0) is 4.79 Å². The zero-order chi connectivity index (χ0) is 7.35. The lowest BCUT2D eigenvalue weighted by Crippen LogP contribution is -2.18. The first-order valence-corrected chi connectivity index (χ1v) is 3.83. The van der Waals surface area contributed by atoms with Crippen molar-refractivity contribution in [3.05, 3.63) is 12.2 Å². The van der Waals surface area contributed by atoms with Crippen LogP contribution in [0.15, 0.2) is 12.2 Å². The second-order valence-corrected chi connectivity index (χ2v) is 4.06. The lowest BCUT2D eigenvalue weighted by atomic mass is 9.80. The van der Waals surface area contributed by atoms with Gasteiger partial charge in [0, 0.05) is 11.8 Å². The van der Waals surface area contributed by atoms with Gasteiger partial charge in [0.2, 0.25) is 0 Å². The van der Waals surface area contributed by atoms with Gasteiger partial charge in [-0.05, 0) is 11.8 Å². The predicted molar refractivity (Wildman–Crippen MR) is 39.5 cm³/mol. The van der Waals surface area contributed by atoms with E-state index in [9.17, 15) is 4.79 Å². The highest BCUT2D eigenvalue weighted by atomic mass is 16.1. The molecule has 0 heterocycles. The van der Waals surface area contributed by atoms with Crippen molar-refractivity contribution in [2.75, 3.05) is 0 Å². The monoisotopic (exact) mass is 136 g/mol. The molecule has 0 amide bonds. The van der Waals surface area contributed by atoms with Gasteiger partial charge in [0.15, 0.2) is 0 Å². The van der Waals surface area contributed by atoms with Crippen molar-refractivity contribution in [3.63, 3.8) is 0 Å². The smallest absolute Gasteiger partial charge is 0.147 e. The van der Waals surface area contributed by atoms with Crippen LogP contribution in [0, 0.1) is 17.3 Å². The van der Waals surface area contributed by atoms with Crippen molar-refractivity contribution in [2.45, 2.75) is 20.3 Å². The summed E-state index contributed by atoms with van der Waals surface area (Å²) in [5.41, 5.74) is 0.247. The molecule has 0 saturated heterocycles. The Morgan fingerprint density at radius 2 is 2.20 bits per heavy atom. The number of allylic oxidation sites excluding steroid dienone is 2. The molecule has 1 heteroatoms. The van der Waals surface area contributed by atoms with Gasteiger partial charge in [0.05, 0.1) is 0 Å². The summed E-state index contributed by atoms with van der Waals surface area (Å²) in [5.74, 6) is 0.947. The summed E-state index contributed by atoms with van der Waals surface area (Å²) >= 11 is 0. The molecule has 0 aromatic heterocycles. The first kappa shape index (κ1) is 6.14. The summed E-state index contributed by atoms with van der Waals surface area (Å²) < 4.78 is 0. The molecule has 0 N–H and O–H groups in total. The minimum Gasteiger partial charge on any atom is -0.298 e. The van der Waals surface area contributed by atoms with Crippen LogP contribution < -0.4 is 0 Å². The zero-order valence-electron chi connectivity index (χ0n) is 6.42. The average molecular weight is 136 g/mol. The van der Waals surface area contributed by atoms with E-state index < -0.39 is 0 Å². The molecular formula is C9H12O. The van der Waals surface area contributed by atoms with Gasteiger partial charge in [-0.1, -0.05) is 26.0 Å². The summed E-state index contributed by atoms with van der Waals surface area (Å²) in [6, 6.07) is 0. The van der Waals surface area contributed by atoms with Crippen molar-refractivity contribution in [1.82, 2.24) is 0 Å². The fourth-order valence-corrected chi connectivity index (χ4v) is 2.17. The van der Waals surface area contributed by atoms with E-state index in [1.54, 1.807) is 0 Å². The van der Waals surface area contributed by atoms with E-state index in [-0.39, 0.29) is 17.3 Å². The van der Waals surface area contributed by atoms with Crippen molar-refractivity contribution in [1.29, 1.82) is 0 Å². The minimum absolute atomic E-state index is 0.234. The van der Waals surface area contributed by atoms with Crippen molar-refractivity contribution in [2.24, 2.45) is 17.3 Å². The predicted octanol–water partition coefficient (Wildman–Crippen LogP) is 1.79. The highest BCUT2D eigenvalue weighted by Gasteiger charge is 2.48. The number of hydrogen-bond acceptors (Lipinski definition) is 1. The van der Waals surface area contributed by atoms with Crippen LogP contribution >= 0.6 is 0 Å². The summed E-state index contributed by atoms with van der Waals surface area (Å²) in [5, 5.41) is 0. The maximum absolute atomic E-state index is 11.3. The Balaban J connectivity index is 2.41. The molecule has 1 saturated carbocycles. The topological polar surface area (TPSA) is 17.1 Å². The molecule has 2 atom stereocenters. The molecule has 0 aromatic rings. The van der Waals surface area contributed by atoms with E-state index in [0.717, 1.165) is 6.42 Å². The van der Waals surface area contributed by atoms with Gasteiger partial charge in [-0.15, -0.1) is 0 Å². The first-order valence-electron chi connectivity index (χ1n) is 3.83. The van der Waals surface area contributed by atoms with Crippen LogP contribution in [0.5, 0.6) is 0 Å². The lowest BCUT2D eigenvalue weighted by molar-refractivity contribution is -0.121. The molecule has 2 aliphatic rings. The normalized spacial score (nSPS) is 41.2. The van der Waals surface area contributed by atoms with Crippen LogP contribution in [0.25, 0.3) is 0 Å². The number of rotatable bonds is 0. The fraction of sp³-hybridized carbons (Fsp3) is 0.667. The molecule has 1 fully saturated rings. The van der Waals surface area contributed by atoms with Gasteiger partial charge in [-0.3, -0.25) is 4.79 Å². The number of Topliss-reactive ketones (excluding diaryl/α,β-unsaturated/α-hetero) is 1. The number of carbonyl (C=O) groups is 1. The van der Waals surface area contributed by atoms with Crippen LogP contribution in [0.3, 0.4) is 0 Å². The fourth-order valence-electron chi connectivity index (χ4n) is 2.17. The lowest BCUT2D eigenvalue weighted by Gasteiger charge is -2.23. The SMILES string of the molecule is CC1(C)CC2C=CC1C2=O. The quantitative estimate of drug-likeness (QED) is 0.464. The number of ketones is 1. The standard InChI is InChI=1S/C9H12O/c1-9(2)5-6-3-4-7(9)8(6)10/h3-4,6-7H,5H2,1-2H3. The largest absolute Gasteiger partial charge is 0.298 e. The van der Waals surface area contributed by atoms with E-state index in [4.69, 9.17) is 0 Å². The van der Waals surface area contributed by atoms with Crippen molar-refractivity contribution in [3.8, 4) is 0 Å². The zero-order valence-corrected chi connectivity index (χ0v) is 6.42. The molecule has 10 heavy (non-hydrogen) atoms. The summed E-state index contributed by atoms with van der Waals surface area (Å²) in [7, 11) is 0. The Labute approximate surface area is 61.1 Å². The summed E-state index contributed by atoms with van der Waals surface area (Å²) in [6.45, 7) is 4.36. The third kappa shape index (κ3) is 0.556. The third-order valence-corrected chi connectivity index (χ3v) is 2.80. The van der Waals surface area contributed by atoms with E-state index >= 15 is 0 Å². The number of hydrogen-bond donors (Lipinski definition) is 0. The van der Waals surface area contributed by atoms with Gasteiger partial charge in [-0.25, -0.2) is 0 Å². The van der Waals surface area contributed by atoms with E-state index in [1.807, 2.05) is 0 Å². The minimum atomic E-state index is 0.234. The molecule has 2 rings (SSSR count). The Morgan fingerprint density at radius 1 is 1.50 bits per heavy atom. The molecule has 54 valence electrons. The average Bonchev–Trinajstić information content (AvgIpc) is 2.21. The van der Waals surface area contributed by atoms with Crippen LogP contribution in [0.1, 0.15) is 20.3 Å². The maximum Gasteiger partial charge on any atom is 0.147 e. The highest BCUT2D eigenvalue weighted by molar-refractivity contribution is 5.92. The second kappa shape index (κ2) is 1.52. The van der Waals surface area contributed by atoms with E-state index in [2.05, 4.69) is 26.0 Å². The maximum atomic E-state index is 11.3. The van der Waals surface area contributed by atoms with Crippen LogP contribution in [0.2, 0.25) is 0 Å². The molecule has 0 radical (unpaired) electrons. The molecule has 0 aliphatic heterocycles. The second-order valence-electron chi connectivity index (χ2n) is 4.06. The van der Waals surface area contributed by atoms with E-state index in [0.29, 0.717) is 5.78 Å². The van der Waals surface area contributed by atoms with Crippen molar-refractivity contribution < 1.29 is 4.79 Å². The van der Waals surface area contributed by atoms with E-state index in [1.165, 1.54) is 0 Å². The van der Waals surface area contributed by atoms with Gasteiger partial charge in [0.25, 0.3) is 0 Å². The van der Waals surface area contributed by atoms with Gasteiger partial charge >= 0.3 is 0 Å². The van der Waals surface area contributed by atoms with Crippen LogP contribution in [0.4, 0.5) is 0 Å².